The molecular formula is C12H8F2OSe. The molecule has 82 valence electrons. The molecule has 0 atom stereocenters. The predicted octanol–water partition coefficient (Wildman–Crippen LogP) is 1.50. The first-order chi connectivity index (χ1) is 7.66. The van der Waals surface area contributed by atoms with Gasteiger partial charge in [-0.05, 0) is 0 Å². The number of halogens is 2. The molecule has 0 unspecified atom stereocenters. The van der Waals surface area contributed by atoms with E-state index >= 15 is 0 Å². The first kappa shape index (κ1) is 11.1. The van der Waals surface area contributed by atoms with Crippen LogP contribution in [0, 0.1) is 11.6 Å². The van der Waals surface area contributed by atoms with Crippen LogP contribution in [0.3, 0.4) is 0 Å². The summed E-state index contributed by atoms with van der Waals surface area (Å²) in [5.74, 6) is -0.719. The Bertz CT molecular complexity index is 458. The number of benzene rings is 2. The van der Waals surface area contributed by atoms with Crippen LogP contribution in [-0.2, 0) is 3.83 Å². The quantitative estimate of drug-likeness (QED) is 0.764. The molecule has 0 heterocycles. The van der Waals surface area contributed by atoms with E-state index in [2.05, 4.69) is 0 Å². The van der Waals surface area contributed by atoms with Crippen LogP contribution in [0.5, 0.6) is 0 Å². The van der Waals surface area contributed by atoms with Crippen molar-refractivity contribution in [3.05, 3.63) is 60.2 Å². The van der Waals surface area contributed by atoms with Crippen molar-refractivity contribution in [2.45, 2.75) is 0 Å². The third-order valence-corrected chi connectivity index (χ3v) is 4.99. The molecule has 0 aliphatic carbocycles. The Labute approximate surface area is 95.8 Å². The molecule has 0 N–H and O–H groups in total. The van der Waals surface area contributed by atoms with E-state index in [1.165, 1.54) is 48.5 Å². The van der Waals surface area contributed by atoms with Gasteiger partial charge in [0, 0.05) is 0 Å². The van der Waals surface area contributed by atoms with E-state index in [0.29, 0.717) is 8.92 Å². The van der Waals surface area contributed by atoms with Crippen molar-refractivity contribution in [2.75, 3.05) is 0 Å². The minimum absolute atomic E-state index is 0.360. The molecule has 2 aromatic rings. The normalized spacial score (nSPS) is 10.7. The molecule has 0 saturated heterocycles. The van der Waals surface area contributed by atoms with Crippen molar-refractivity contribution >= 4 is 22.8 Å². The van der Waals surface area contributed by atoms with Crippen LogP contribution in [-0.4, -0.2) is 13.8 Å². The molecule has 0 fully saturated rings. The summed E-state index contributed by atoms with van der Waals surface area (Å²) in [7, 11) is 0. The van der Waals surface area contributed by atoms with Crippen LogP contribution >= 0.6 is 0 Å². The molecule has 0 aliphatic heterocycles. The van der Waals surface area contributed by atoms with Crippen molar-refractivity contribution < 1.29 is 12.6 Å². The molecule has 4 heteroatoms. The van der Waals surface area contributed by atoms with Crippen molar-refractivity contribution in [3.63, 3.8) is 0 Å². The molecule has 16 heavy (non-hydrogen) atoms. The number of hydrogen-bond donors (Lipinski definition) is 0. The molecule has 2 rings (SSSR count). The molecule has 0 saturated carbocycles. The summed E-state index contributed by atoms with van der Waals surface area (Å²) >= 11 is -2.40. The molecule has 0 bridgehead atoms. The summed E-state index contributed by atoms with van der Waals surface area (Å²) in [6.45, 7) is 0. The Morgan fingerprint density at radius 1 is 0.688 bits per heavy atom. The summed E-state index contributed by atoms with van der Waals surface area (Å²) in [6.07, 6.45) is 0. The topological polar surface area (TPSA) is 17.1 Å². The van der Waals surface area contributed by atoms with Crippen LogP contribution in [0.25, 0.3) is 0 Å². The van der Waals surface area contributed by atoms with E-state index in [1.54, 1.807) is 0 Å². The van der Waals surface area contributed by atoms with Gasteiger partial charge in [-0.3, -0.25) is 0 Å². The Balaban J connectivity index is 2.32. The first-order valence-corrected chi connectivity index (χ1v) is 7.01. The van der Waals surface area contributed by atoms with Gasteiger partial charge < -0.3 is 0 Å². The van der Waals surface area contributed by atoms with Crippen LogP contribution in [0.2, 0.25) is 0 Å². The van der Waals surface area contributed by atoms with Gasteiger partial charge in [0.1, 0.15) is 0 Å². The average Bonchev–Trinajstić information content (AvgIpc) is 2.30. The SMILES string of the molecule is O=[Se](c1ccc(F)cc1)c1ccc(F)cc1. The Hall–Kier alpha value is -1.38. The molecule has 0 amide bonds. The monoisotopic (exact) mass is 286 g/mol. The van der Waals surface area contributed by atoms with E-state index < -0.39 is 13.8 Å². The zero-order valence-corrected chi connectivity index (χ0v) is 9.90. The molecule has 0 radical (unpaired) electrons. The van der Waals surface area contributed by atoms with Gasteiger partial charge in [-0.2, -0.15) is 0 Å². The van der Waals surface area contributed by atoms with E-state index in [4.69, 9.17) is 0 Å². The van der Waals surface area contributed by atoms with Gasteiger partial charge in [-0.25, -0.2) is 0 Å². The van der Waals surface area contributed by atoms with Gasteiger partial charge in [-0.15, -0.1) is 0 Å². The Kier molecular flexibility index (Phi) is 3.22. The second kappa shape index (κ2) is 4.64. The zero-order valence-electron chi connectivity index (χ0n) is 8.19. The van der Waals surface area contributed by atoms with Gasteiger partial charge in [0.2, 0.25) is 0 Å². The molecule has 2 aromatic carbocycles. The summed E-state index contributed by atoms with van der Waals surface area (Å²) < 4.78 is 38.5. The van der Waals surface area contributed by atoms with Crippen molar-refractivity contribution in [2.24, 2.45) is 0 Å². The molecular weight excluding hydrogens is 277 g/mol. The van der Waals surface area contributed by atoms with Crippen molar-refractivity contribution in [3.8, 4) is 0 Å². The van der Waals surface area contributed by atoms with E-state index in [0.717, 1.165) is 0 Å². The fourth-order valence-electron chi connectivity index (χ4n) is 1.25. The second-order valence-corrected chi connectivity index (χ2v) is 6.28. The zero-order chi connectivity index (χ0) is 11.5. The van der Waals surface area contributed by atoms with Crippen LogP contribution in [0.4, 0.5) is 8.78 Å². The van der Waals surface area contributed by atoms with E-state index in [9.17, 15) is 12.6 Å². The predicted molar refractivity (Wildman–Crippen MR) is 58.5 cm³/mol. The van der Waals surface area contributed by atoms with E-state index in [-0.39, 0.29) is 11.6 Å². The van der Waals surface area contributed by atoms with E-state index in [1.807, 2.05) is 0 Å². The molecule has 0 aliphatic rings. The number of hydrogen-bond acceptors (Lipinski definition) is 1. The Morgan fingerprint density at radius 3 is 1.31 bits per heavy atom. The van der Waals surface area contributed by atoms with Gasteiger partial charge in [0.05, 0.1) is 0 Å². The fraction of sp³-hybridized carbons (Fsp3) is 0. The summed E-state index contributed by atoms with van der Waals surface area (Å²) in [6, 6.07) is 11.1. The van der Waals surface area contributed by atoms with Gasteiger partial charge in [0.25, 0.3) is 0 Å². The fourth-order valence-corrected chi connectivity index (χ4v) is 3.43. The molecule has 0 aromatic heterocycles. The third kappa shape index (κ3) is 2.40. The molecule has 1 nitrogen and oxygen atoms in total. The second-order valence-electron chi connectivity index (χ2n) is 3.18. The number of rotatable bonds is 2. The standard InChI is InChI=1S/C12H8F2OSe/c13-9-1-5-11(6-2-9)16(15)12-7-3-10(14)4-8-12/h1-8H. The van der Waals surface area contributed by atoms with Crippen LogP contribution in [0.1, 0.15) is 0 Å². The maximum atomic E-state index is 12.7. The summed E-state index contributed by atoms with van der Waals surface area (Å²) in [4.78, 5) is 0. The average molecular weight is 285 g/mol. The van der Waals surface area contributed by atoms with Gasteiger partial charge in [0.15, 0.2) is 0 Å². The first-order valence-electron chi connectivity index (χ1n) is 4.60. The minimum atomic E-state index is -2.40. The third-order valence-electron chi connectivity index (χ3n) is 2.06. The Morgan fingerprint density at radius 2 is 1.00 bits per heavy atom. The maximum absolute atomic E-state index is 12.7. The van der Waals surface area contributed by atoms with Gasteiger partial charge in [-0.1, -0.05) is 0 Å². The van der Waals surface area contributed by atoms with Crippen LogP contribution in [0.15, 0.2) is 48.5 Å². The van der Waals surface area contributed by atoms with Crippen LogP contribution < -0.4 is 8.92 Å². The summed E-state index contributed by atoms with van der Waals surface area (Å²) in [5, 5.41) is 0. The van der Waals surface area contributed by atoms with Crippen molar-refractivity contribution in [1.82, 2.24) is 0 Å². The van der Waals surface area contributed by atoms with Gasteiger partial charge >= 0.3 is 95.5 Å². The summed E-state index contributed by atoms with van der Waals surface area (Å²) in [5.41, 5.74) is 0. The molecule has 0 spiro atoms. The van der Waals surface area contributed by atoms with Crippen molar-refractivity contribution in [1.29, 1.82) is 0 Å².